The molecule has 1 aliphatic carbocycles. The van der Waals surface area contributed by atoms with Crippen molar-refractivity contribution < 1.29 is 18.0 Å². The molecule has 0 aliphatic heterocycles. The van der Waals surface area contributed by atoms with E-state index in [0.29, 0.717) is 18.2 Å². The molecule has 25 heavy (non-hydrogen) atoms. The SMILES string of the molecule is Cn1ccc(NC(=O)[C@H](CC2CCCC2)n2cnc(C(F)(F)F)c2)n1. The number of amides is 1. The first-order valence-corrected chi connectivity index (χ1v) is 8.24. The van der Waals surface area contributed by atoms with Crippen molar-refractivity contribution in [3.63, 3.8) is 0 Å². The van der Waals surface area contributed by atoms with Crippen molar-refractivity contribution >= 4 is 11.7 Å². The summed E-state index contributed by atoms with van der Waals surface area (Å²) < 4.78 is 41.3. The lowest BCUT2D eigenvalue weighted by atomic mass is 9.97. The van der Waals surface area contributed by atoms with Crippen molar-refractivity contribution in [2.24, 2.45) is 13.0 Å². The quantitative estimate of drug-likeness (QED) is 0.894. The van der Waals surface area contributed by atoms with Crippen LogP contribution in [-0.4, -0.2) is 25.2 Å². The number of aromatic nitrogens is 4. The molecule has 1 aliphatic rings. The van der Waals surface area contributed by atoms with Crippen molar-refractivity contribution in [1.82, 2.24) is 19.3 Å². The normalized spacial score (nSPS) is 17.0. The molecule has 2 aromatic heterocycles. The summed E-state index contributed by atoms with van der Waals surface area (Å²) in [6.45, 7) is 0. The number of halogens is 3. The van der Waals surface area contributed by atoms with Crippen molar-refractivity contribution in [2.45, 2.75) is 44.3 Å². The van der Waals surface area contributed by atoms with Crippen LogP contribution in [0.25, 0.3) is 0 Å². The van der Waals surface area contributed by atoms with Crippen LogP contribution < -0.4 is 5.32 Å². The zero-order chi connectivity index (χ0) is 18.0. The summed E-state index contributed by atoms with van der Waals surface area (Å²) in [5.74, 6) is 0.327. The Morgan fingerprint density at radius 3 is 2.68 bits per heavy atom. The number of nitrogens with one attached hydrogen (secondary N) is 1. The number of rotatable bonds is 5. The van der Waals surface area contributed by atoms with Crippen LogP contribution in [0.4, 0.5) is 19.0 Å². The monoisotopic (exact) mass is 355 g/mol. The number of carbonyl (C=O) groups is 1. The molecule has 0 saturated heterocycles. The summed E-state index contributed by atoms with van der Waals surface area (Å²) in [4.78, 5) is 16.1. The summed E-state index contributed by atoms with van der Waals surface area (Å²) >= 11 is 0. The van der Waals surface area contributed by atoms with Crippen LogP contribution in [0.3, 0.4) is 0 Å². The lowest BCUT2D eigenvalue weighted by Gasteiger charge is -2.21. The smallest absolute Gasteiger partial charge is 0.324 e. The van der Waals surface area contributed by atoms with Gasteiger partial charge in [-0.05, 0) is 12.3 Å². The highest BCUT2D eigenvalue weighted by atomic mass is 19.4. The van der Waals surface area contributed by atoms with Gasteiger partial charge in [-0.25, -0.2) is 4.98 Å². The van der Waals surface area contributed by atoms with E-state index in [1.165, 1.54) is 4.57 Å². The van der Waals surface area contributed by atoms with Gasteiger partial charge in [0.1, 0.15) is 6.04 Å². The van der Waals surface area contributed by atoms with Crippen molar-refractivity contribution in [3.8, 4) is 0 Å². The van der Waals surface area contributed by atoms with Crippen LogP contribution in [0, 0.1) is 5.92 Å². The predicted molar refractivity (Wildman–Crippen MR) is 84.7 cm³/mol. The van der Waals surface area contributed by atoms with E-state index in [1.54, 1.807) is 24.0 Å². The minimum Gasteiger partial charge on any atom is -0.324 e. The van der Waals surface area contributed by atoms with E-state index in [9.17, 15) is 18.0 Å². The van der Waals surface area contributed by atoms with Crippen LogP contribution in [0.1, 0.15) is 43.8 Å². The standard InChI is InChI=1S/C16H20F3N5O/c1-23-7-6-14(22-23)21-15(25)12(8-11-4-2-3-5-11)24-9-13(20-10-24)16(17,18)19/h6-7,9-12H,2-5,8H2,1H3,(H,21,22,25)/t12-/m0/s1. The molecule has 1 saturated carbocycles. The lowest BCUT2D eigenvalue weighted by Crippen LogP contribution is -2.27. The fourth-order valence-corrected chi connectivity index (χ4v) is 3.27. The first-order valence-electron chi connectivity index (χ1n) is 8.24. The van der Waals surface area contributed by atoms with Gasteiger partial charge >= 0.3 is 6.18 Å². The van der Waals surface area contributed by atoms with Crippen LogP contribution in [0.2, 0.25) is 0 Å². The number of carbonyl (C=O) groups excluding carboxylic acids is 1. The Labute approximate surface area is 143 Å². The second kappa shape index (κ2) is 6.89. The lowest BCUT2D eigenvalue weighted by molar-refractivity contribution is -0.141. The second-order valence-electron chi connectivity index (χ2n) is 6.47. The van der Waals surface area contributed by atoms with Crippen molar-refractivity contribution in [1.29, 1.82) is 0 Å². The van der Waals surface area contributed by atoms with Crippen LogP contribution in [0.15, 0.2) is 24.8 Å². The summed E-state index contributed by atoms with van der Waals surface area (Å²) in [5, 5.41) is 6.77. The Hall–Kier alpha value is -2.32. The van der Waals surface area contributed by atoms with Gasteiger partial charge < -0.3 is 9.88 Å². The zero-order valence-electron chi connectivity index (χ0n) is 13.8. The zero-order valence-corrected chi connectivity index (χ0v) is 13.8. The van der Waals surface area contributed by atoms with E-state index in [-0.39, 0.29) is 5.91 Å². The molecule has 136 valence electrons. The highest BCUT2D eigenvalue weighted by Crippen LogP contribution is 2.34. The van der Waals surface area contributed by atoms with Gasteiger partial charge in [-0.3, -0.25) is 9.48 Å². The highest BCUT2D eigenvalue weighted by Gasteiger charge is 2.35. The van der Waals surface area contributed by atoms with Crippen LogP contribution >= 0.6 is 0 Å². The number of hydrogen-bond donors (Lipinski definition) is 1. The van der Waals surface area contributed by atoms with Gasteiger partial charge in [-0.1, -0.05) is 25.7 Å². The third-order valence-electron chi connectivity index (χ3n) is 4.55. The van der Waals surface area contributed by atoms with Gasteiger partial charge in [-0.2, -0.15) is 18.3 Å². The van der Waals surface area contributed by atoms with Crippen molar-refractivity contribution in [3.05, 3.63) is 30.5 Å². The van der Waals surface area contributed by atoms with Gasteiger partial charge in [0.15, 0.2) is 11.5 Å². The molecule has 1 amide bonds. The van der Waals surface area contributed by atoms with Gasteiger partial charge in [0.2, 0.25) is 5.91 Å². The minimum atomic E-state index is -4.53. The molecule has 1 fully saturated rings. The second-order valence-corrected chi connectivity index (χ2v) is 6.47. The molecule has 0 aromatic carbocycles. The molecule has 0 radical (unpaired) electrons. The average molecular weight is 355 g/mol. The van der Waals surface area contributed by atoms with Crippen molar-refractivity contribution in [2.75, 3.05) is 5.32 Å². The number of alkyl halides is 3. The summed E-state index contributed by atoms with van der Waals surface area (Å²) in [6.07, 6.45) is 3.81. The summed E-state index contributed by atoms with van der Waals surface area (Å²) in [5.41, 5.74) is -0.991. The fraction of sp³-hybridized carbons (Fsp3) is 0.562. The predicted octanol–water partition coefficient (Wildman–Crippen LogP) is 3.40. The molecule has 3 rings (SSSR count). The molecule has 0 unspecified atom stereocenters. The molecule has 6 nitrogen and oxygen atoms in total. The van der Waals surface area contributed by atoms with Crippen LogP contribution in [0.5, 0.6) is 0 Å². The number of hydrogen-bond acceptors (Lipinski definition) is 3. The number of aryl methyl sites for hydroxylation is 1. The van der Waals surface area contributed by atoms with Gasteiger partial charge in [0, 0.05) is 25.5 Å². The Morgan fingerprint density at radius 1 is 1.40 bits per heavy atom. The topological polar surface area (TPSA) is 64.7 Å². The van der Waals surface area contributed by atoms with E-state index < -0.39 is 17.9 Å². The third kappa shape index (κ3) is 4.21. The first kappa shape index (κ1) is 17.5. The number of nitrogens with zero attached hydrogens (tertiary/aromatic N) is 4. The average Bonchev–Trinajstić information content (AvgIpc) is 3.25. The number of imidazole rings is 1. The fourth-order valence-electron chi connectivity index (χ4n) is 3.27. The first-order chi connectivity index (χ1) is 11.8. The molecular formula is C16H20F3N5O. The minimum absolute atomic E-state index is 0.330. The molecule has 1 N–H and O–H groups in total. The molecule has 0 bridgehead atoms. The molecular weight excluding hydrogens is 335 g/mol. The van der Waals surface area contributed by atoms with E-state index in [0.717, 1.165) is 38.2 Å². The van der Waals surface area contributed by atoms with E-state index in [1.807, 2.05) is 0 Å². The van der Waals surface area contributed by atoms with E-state index in [2.05, 4.69) is 15.4 Å². The molecule has 2 heterocycles. The summed E-state index contributed by atoms with van der Waals surface area (Å²) in [7, 11) is 1.72. The maximum Gasteiger partial charge on any atom is 0.434 e. The Bertz CT molecular complexity index is 730. The molecule has 1 atom stereocenters. The maximum absolute atomic E-state index is 12.8. The number of anilines is 1. The third-order valence-corrected chi connectivity index (χ3v) is 4.55. The largest absolute Gasteiger partial charge is 0.434 e. The Balaban J connectivity index is 1.80. The van der Waals surface area contributed by atoms with Gasteiger partial charge in [-0.15, -0.1) is 0 Å². The molecule has 0 spiro atoms. The highest BCUT2D eigenvalue weighted by molar-refractivity contribution is 5.92. The Morgan fingerprint density at radius 2 is 2.12 bits per heavy atom. The van der Waals surface area contributed by atoms with E-state index in [4.69, 9.17) is 0 Å². The Kier molecular flexibility index (Phi) is 4.82. The molecule has 9 heteroatoms. The van der Waals surface area contributed by atoms with Gasteiger partial charge in [0.25, 0.3) is 0 Å². The van der Waals surface area contributed by atoms with Crippen LogP contribution in [-0.2, 0) is 18.0 Å². The van der Waals surface area contributed by atoms with E-state index >= 15 is 0 Å². The van der Waals surface area contributed by atoms with Gasteiger partial charge in [0.05, 0.1) is 6.33 Å². The maximum atomic E-state index is 12.8. The summed E-state index contributed by atoms with van der Waals surface area (Å²) in [6, 6.07) is 0.897. The molecule has 2 aromatic rings.